The van der Waals surface area contributed by atoms with Crippen LogP contribution in [0, 0.1) is 13.8 Å². The van der Waals surface area contributed by atoms with Gasteiger partial charge >= 0.3 is 0 Å². The zero-order valence-electron chi connectivity index (χ0n) is 19.0. The topological polar surface area (TPSA) is 54.8 Å². The summed E-state index contributed by atoms with van der Waals surface area (Å²) in [6, 6.07) is 9.20. The fourth-order valence-electron chi connectivity index (χ4n) is 4.39. The van der Waals surface area contributed by atoms with E-state index in [0.717, 1.165) is 22.7 Å². The minimum absolute atomic E-state index is 0.0253. The highest BCUT2D eigenvalue weighted by Gasteiger charge is 2.26. The van der Waals surface area contributed by atoms with Gasteiger partial charge in [0.05, 0.1) is 13.7 Å². The van der Waals surface area contributed by atoms with Gasteiger partial charge in [-0.3, -0.25) is 14.5 Å². The Morgan fingerprint density at radius 3 is 2.10 bits per heavy atom. The van der Waals surface area contributed by atoms with Gasteiger partial charge in [-0.1, -0.05) is 0 Å². The highest BCUT2D eigenvalue weighted by atomic mass is 16.5. The van der Waals surface area contributed by atoms with Crippen LogP contribution in [0.5, 0.6) is 5.75 Å². The quantitative estimate of drug-likeness (QED) is 0.707. The maximum absolute atomic E-state index is 13.0. The molecule has 1 aromatic heterocycles. The van der Waals surface area contributed by atoms with Crippen LogP contribution in [-0.2, 0) is 5.54 Å². The highest BCUT2D eigenvalue weighted by molar-refractivity contribution is 5.99. The van der Waals surface area contributed by atoms with Crippen molar-refractivity contribution in [1.82, 2.24) is 14.4 Å². The minimum Gasteiger partial charge on any atom is -0.497 e. The van der Waals surface area contributed by atoms with Crippen molar-refractivity contribution >= 4 is 11.7 Å². The van der Waals surface area contributed by atoms with E-state index >= 15 is 0 Å². The number of ketones is 1. The Hall–Kier alpha value is -2.60. The Morgan fingerprint density at radius 1 is 1.00 bits per heavy atom. The molecule has 1 amide bonds. The SMILES string of the molecule is COc1ccc(C(=O)N2CCN(CC(=O)c3cc(C)n(C(C)(C)C)c3C)CC2)cc1. The molecule has 3 rings (SSSR count). The monoisotopic (exact) mass is 411 g/mol. The number of amides is 1. The average molecular weight is 412 g/mol. The van der Waals surface area contributed by atoms with E-state index in [1.807, 2.05) is 17.9 Å². The second-order valence-electron chi connectivity index (χ2n) is 9.01. The number of hydrogen-bond acceptors (Lipinski definition) is 4. The molecular weight excluding hydrogens is 378 g/mol. The second-order valence-corrected chi connectivity index (χ2v) is 9.01. The van der Waals surface area contributed by atoms with Crippen LogP contribution in [0.3, 0.4) is 0 Å². The number of rotatable bonds is 5. The van der Waals surface area contributed by atoms with Crippen molar-refractivity contribution in [1.29, 1.82) is 0 Å². The summed E-state index contributed by atoms with van der Waals surface area (Å²) in [5, 5.41) is 0. The van der Waals surface area contributed by atoms with E-state index in [1.165, 1.54) is 0 Å². The van der Waals surface area contributed by atoms with Crippen molar-refractivity contribution in [2.45, 2.75) is 40.2 Å². The largest absolute Gasteiger partial charge is 0.497 e. The molecule has 1 aliphatic rings. The Kier molecular flexibility index (Phi) is 6.36. The van der Waals surface area contributed by atoms with Gasteiger partial charge in [-0.15, -0.1) is 0 Å². The third-order valence-electron chi connectivity index (χ3n) is 5.77. The van der Waals surface area contributed by atoms with Gasteiger partial charge in [0, 0.05) is 54.2 Å². The van der Waals surface area contributed by atoms with E-state index < -0.39 is 0 Å². The molecule has 1 aliphatic heterocycles. The predicted molar refractivity (Wildman–Crippen MR) is 119 cm³/mol. The van der Waals surface area contributed by atoms with Gasteiger partial charge in [0.2, 0.25) is 0 Å². The van der Waals surface area contributed by atoms with Gasteiger partial charge in [0.1, 0.15) is 5.75 Å². The van der Waals surface area contributed by atoms with E-state index in [0.29, 0.717) is 38.3 Å². The molecule has 0 atom stereocenters. The summed E-state index contributed by atoms with van der Waals surface area (Å²) in [5.74, 6) is 0.909. The molecule has 2 aromatic rings. The second kappa shape index (κ2) is 8.64. The Bertz CT molecular complexity index is 914. The van der Waals surface area contributed by atoms with Crippen LogP contribution in [0.2, 0.25) is 0 Å². The summed E-state index contributed by atoms with van der Waals surface area (Å²) in [6.07, 6.45) is 0. The Labute approximate surface area is 179 Å². The first-order valence-corrected chi connectivity index (χ1v) is 10.5. The van der Waals surface area contributed by atoms with Gasteiger partial charge in [-0.05, 0) is 65.0 Å². The van der Waals surface area contributed by atoms with Crippen molar-refractivity contribution in [2.24, 2.45) is 0 Å². The average Bonchev–Trinajstić information content (AvgIpc) is 3.02. The lowest BCUT2D eigenvalue weighted by molar-refractivity contribution is 0.0624. The maximum Gasteiger partial charge on any atom is 0.253 e. The molecule has 1 saturated heterocycles. The lowest BCUT2D eigenvalue weighted by Crippen LogP contribution is -2.49. The molecule has 30 heavy (non-hydrogen) atoms. The van der Waals surface area contributed by atoms with E-state index in [1.54, 1.807) is 31.4 Å². The number of Topliss-reactive ketones (excluding diaryl/α,β-unsaturated/α-hetero) is 1. The minimum atomic E-state index is -0.0554. The van der Waals surface area contributed by atoms with Crippen molar-refractivity contribution in [3.05, 3.63) is 52.8 Å². The van der Waals surface area contributed by atoms with Crippen molar-refractivity contribution in [3.63, 3.8) is 0 Å². The van der Waals surface area contributed by atoms with Gasteiger partial charge < -0.3 is 14.2 Å². The molecule has 0 saturated carbocycles. The lowest BCUT2D eigenvalue weighted by atomic mass is 10.1. The number of carbonyl (C=O) groups is 2. The molecule has 0 bridgehead atoms. The summed E-state index contributed by atoms with van der Waals surface area (Å²) in [6.45, 7) is 13.6. The molecule has 6 heteroatoms. The summed E-state index contributed by atoms with van der Waals surface area (Å²) >= 11 is 0. The van der Waals surface area contributed by atoms with Gasteiger partial charge in [-0.25, -0.2) is 0 Å². The molecule has 162 valence electrons. The molecule has 0 N–H and O–H groups in total. The fraction of sp³-hybridized carbons (Fsp3) is 0.500. The first-order valence-electron chi connectivity index (χ1n) is 10.5. The molecule has 0 radical (unpaired) electrons. The summed E-state index contributed by atoms with van der Waals surface area (Å²) in [4.78, 5) is 29.7. The van der Waals surface area contributed by atoms with Crippen molar-refractivity contribution in [2.75, 3.05) is 39.8 Å². The van der Waals surface area contributed by atoms with Crippen LogP contribution in [0.4, 0.5) is 0 Å². The number of nitrogens with zero attached hydrogens (tertiary/aromatic N) is 3. The summed E-state index contributed by atoms with van der Waals surface area (Å²) in [5.41, 5.74) is 3.55. The number of hydrogen-bond donors (Lipinski definition) is 0. The molecule has 0 aliphatic carbocycles. The zero-order valence-corrected chi connectivity index (χ0v) is 19.0. The van der Waals surface area contributed by atoms with Crippen molar-refractivity contribution < 1.29 is 14.3 Å². The van der Waals surface area contributed by atoms with Gasteiger partial charge in [0.25, 0.3) is 5.91 Å². The first kappa shape index (κ1) is 22.1. The molecular formula is C24H33N3O3. The summed E-state index contributed by atoms with van der Waals surface area (Å²) in [7, 11) is 1.61. The number of methoxy groups -OCH3 is 1. The number of piperazine rings is 1. The molecule has 0 spiro atoms. The number of carbonyl (C=O) groups excluding carboxylic acids is 2. The molecule has 6 nitrogen and oxygen atoms in total. The molecule has 1 aromatic carbocycles. The molecule has 0 unspecified atom stereocenters. The normalized spacial score (nSPS) is 15.3. The van der Waals surface area contributed by atoms with E-state index in [4.69, 9.17) is 4.74 Å². The predicted octanol–water partition coefficient (Wildman–Crippen LogP) is 3.51. The standard InChI is InChI=1S/C24H33N3O3/c1-17-15-21(18(2)27(17)24(3,4)5)22(28)16-25-11-13-26(14-12-25)23(29)19-7-9-20(30-6)10-8-19/h7-10,15H,11-14,16H2,1-6H3. The van der Waals surface area contributed by atoms with E-state index in [-0.39, 0.29) is 17.2 Å². The Balaban J connectivity index is 1.59. The maximum atomic E-state index is 13.0. The number of benzene rings is 1. The third-order valence-corrected chi connectivity index (χ3v) is 5.77. The molecule has 1 fully saturated rings. The smallest absolute Gasteiger partial charge is 0.253 e. The van der Waals surface area contributed by atoms with Crippen LogP contribution in [0.1, 0.15) is 52.9 Å². The lowest BCUT2D eigenvalue weighted by Gasteiger charge is -2.34. The van der Waals surface area contributed by atoms with Crippen molar-refractivity contribution in [3.8, 4) is 5.75 Å². The van der Waals surface area contributed by atoms with Crippen LogP contribution >= 0.6 is 0 Å². The fourth-order valence-corrected chi connectivity index (χ4v) is 4.39. The number of ether oxygens (including phenoxy) is 1. The Morgan fingerprint density at radius 2 is 1.60 bits per heavy atom. The highest BCUT2D eigenvalue weighted by Crippen LogP contribution is 2.25. The zero-order chi connectivity index (χ0) is 22.1. The number of aryl methyl sites for hydroxylation is 1. The molecule has 2 heterocycles. The first-order chi connectivity index (χ1) is 14.1. The van der Waals surface area contributed by atoms with E-state index in [9.17, 15) is 9.59 Å². The van der Waals surface area contributed by atoms with E-state index in [2.05, 4.69) is 37.2 Å². The van der Waals surface area contributed by atoms with Gasteiger partial charge in [0.15, 0.2) is 5.78 Å². The van der Waals surface area contributed by atoms with Crippen LogP contribution in [0.25, 0.3) is 0 Å². The van der Waals surface area contributed by atoms with Crippen LogP contribution < -0.4 is 4.74 Å². The van der Waals surface area contributed by atoms with Gasteiger partial charge in [-0.2, -0.15) is 0 Å². The third kappa shape index (κ3) is 4.59. The summed E-state index contributed by atoms with van der Waals surface area (Å²) < 4.78 is 7.38. The van der Waals surface area contributed by atoms with Crippen LogP contribution in [-0.4, -0.2) is 65.9 Å². The van der Waals surface area contributed by atoms with Crippen LogP contribution in [0.15, 0.2) is 30.3 Å². The number of aromatic nitrogens is 1.